The van der Waals surface area contributed by atoms with Crippen LogP contribution in [0.4, 0.5) is 0 Å². The van der Waals surface area contributed by atoms with Crippen molar-refractivity contribution >= 4 is 24.1 Å². The maximum absolute atomic E-state index is 12.0. The highest BCUT2D eigenvalue weighted by Crippen LogP contribution is 2.16. The number of hydrogen-bond acceptors (Lipinski definition) is 7. The maximum Gasteiger partial charge on any atom is 0.330 e. The van der Waals surface area contributed by atoms with Crippen molar-refractivity contribution in [2.75, 3.05) is 20.8 Å². The molecule has 0 aliphatic rings. The Morgan fingerprint density at radius 3 is 1.97 bits per heavy atom. The number of unbranched alkanes of at least 4 members (excludes halogenated alkanes) is 8. The van der Waals surface area contributed by atoms with E-state index in [0.29, 0.717) is 6.42 Å². The van der Waals surface area contributed by atoms with Gasteiger partial charge < -0.3 is 14.2 Å². The fourth-order valence-electron chi connectivity index (χ4n) is 2.99. The molecule has 0 aliphatic heterocycles. The standard InChI is InChI=1S/C24H43NO6/c1-6-7-8-9-10-11-12-13-14-15-22(27)31-19-24(2,3)18-25-20(23(28)30-5)16-17-21(26)29-4/h18,20H,6-17,19H2,1-5H3. The summed E-state index contributed by atoms with van der Waals surface area (Å²) < 4.78 is 14.7. The second-order valence-corrected chi connectivity index (χ2v) is 8.66. The molecule has 0 saturated carbocycles. The first-order valence-electron chi connectivity index (χ1n) is 11.6. The highest BCUT2D eigenvalue weighted by molar-refractivity contribution is 5.80. The highest BCUT2D eigenvalue weighted by Gasteiger charge is 2.23. The van der Waals surface area contributed by atoms with Crippen molar-refractivity contribution in [2.45, 2.75) is 104 Å². The van der Waals surface area contributed by atoms with E-state index in [2.05, 4.69) is 16.7 Å². The van der Waals surface area contributed by atoms with Gasteiger partial charge in [0, 0.05) is 24.5 Å². The molecule has 0 radical (unpaired) electrons. The summed E-state index contributed by atoms with van der Waals surface area (Å²) in [5, 5.41) is 0. The Balaban J connectivity index is 4.20. The molecule has 31 heavy (non-hydrogen) atoms. The molecule has 0 spiro atoms. The van der Waals surface area contributed by atoms with Crippen molar-refractivity contribution in [3.8, 4) is 0 Å². The van der Waals surface area contributed by atoms with Crippen LogP contribution in [0.5, 0.6) is 0 Å². The van der Waals surface area contributed by atoms with Crippen LogP contribution in [0.25, 0.3) is 0 Å². The molecule has 0 rings (SSSR count). The number of carbonyl (C=O) groups is 3. The van der Waals surface area contributed by atoms with Crippen LogP contribution >= 0.6 is 0 Å². The van der Waals surface area contributed by atoms with E-state index in [0.717, 1.165) is 19.3 Å². The fraction of sp³-hybridized carbons (Fsp3) is 0.833. The van der Waals surface area contributed by atoms with Gasteiger partial charge in [-0.25, -0.2) is 4.79 Å². The van der Waals surface area contributed by atoms with Gasteiger partial charge in [-0.2, -0.15) is 0 Å². The minimum Gasteiger partial charge on any atom is -0.469 e. The Morgan fingerprint density at radius 2 is 1.42 bits per heavy atom. The van der Waals surface area contributed by atoms with Gasteiger partial charge in [-0.1, -0.05) is 72.1 Å². The van der Waals surface area contributed by atoms with Gasteiger partial charge in [0.2, 0.25) is 0 Å². The van der Waals surface area contributed by atoms with Gasteiger partial charge >= 0.3 is 17.9 Å². The van der Waals surface area contributed by atoms with E-state index in [4.69, 9.17) is 9.47 Å². The highest BCUT2D eigenvalue weighted by atomic mass is 16.5. The van der Waals surface area contributed by atoms with Crippen LogP contribution in [-0.4, -0.2) is 51.0 Å². The van der Waals surface area contributed by atoms with Crippen molar-refractivity contribution < 1.29 is 28.6 Å². The topological polar surface area (TPSA) is 91.3 Å². The summed E-state index contributed by atoms with van der Waals surface area (Å²) in [6.45, 7) is 6.14. The Hall–Kier alpha value is -1.92. The summed E-state index contributed by atoms with van der Waals surface area (Å²) in [7, 11) is 2.58. The number of carbonyl (C=O) groups excluding carboxylic acids is 3. The smallest absolute Gasteiger partial charge is 0.330 e. The van der Waals surface area contributed by atoms with Gasteiger partial charge in [-0.05, 0) is 12.8 Å². The van der Waals surface area contributed by atoms with Gasteiger partial charge in [-0.15, -0.1) is 0 Å². The second-order valence-electron chi connectivity index (χ2n) is 8.66. The average molecular weight is 442 g/mol. The second kappa shape index (κ2) is 17.7. The van der Waals surface area contributed by atoms with Crippen LogP contribution in [0.15, 0.2) is 4.99 Å². The third-order valence-corrected chi connectivity index (χ3v) is 5.02. The quantitative estimate of drug-likeness (QED) is 0.128. The Morgan fingerprint density at radius 1 is 0.839 bits per heavy atom. The Kier molecular flexibility index (Phi) is 16.6. The summed E-state index contributed by atoms with van der Waals surface area (Å²) >= 11 is 0. The van der Waals surface area contributed by atoms with Crippen molar-refractivity contribution in [1.82, 2.24) is 0 Å². The van der Waals surface area contributed by atoms with Crippen molar-refractivity contribution in [3.63, 3.8) is 0 Å². The predicted octanol–water partition coefficient (Wildman–Crippen LogP) is 5.04. The van der Waals surface area contributed by atoms with E-state index < -0.39 is 23.4 Å². The zero-order chi connectivity index (χ0) is 23.5. The van der Waals surface area contributed by atoms with E-state index >= 15 is 0 Å². The molecule has 0 aromatic heterocycles. The average Bonchev–Trinajstić information content (AvgIpc) is 2.75. The molecule has 1 atom stereocenters. The van der Waals surface area contributed by atoms with Crippen molar-refractivity contribution in [2.24, 2.45) is 10.4 Å². The number of nitrogens with zero attached hydrogens (tertiary/aromatic N) is 1. The number of hydrogen-bond donors (Lipinski definition) is 0. The van der Waals surface area contributed by atoms with Crippen LogP contribution in [0.3, 0.4) is 0 Å². The fourth-order valence-corrected chi connectivity index (χ4v) is 2.99. The molecular formula is C24H43NO6. The molecule has 180 valence electrons. The molecular weight excluding hydrogens is 398 g/mol. The maximum atomic E-state index is 12.0. The van der Waals surface area contributed by atoms with Crippen LogP contribution in [0, 0.1) is 5.41 Å². The van der Waals surface area contributed by atoms with Gasteiger partial charge in [-0.3, -0.25) is 14.6 Å². The third-order valence-electron chi connectivity index (χ3n) is 5.02. The normalized spacial score (nSPS) is 12.5. The molecule has 0 aromatic carbocycles. The van der Waals surface area contributed by atoms with Crippen LogP contribution < -0.4 is 0 Å². The van der Waals surface area contributed by atoms with Crippen molar-refractivity contribution in [1.29, 1.82) is 0 Å². The van der Waals surface area contributed by atoms with Crippen LogP contribution in [0.2, 0.25) is 0 Å². The first-order valence-corrected chi connectivity index (χ1v) is 11.6. The molecule has 0 bridgehead atoms. The molecule has 0 saturated heterocycles. The third kappa shape index (κ3) is 16.4. The van der Waals surface area contributed by atoms with Crippen molar-refractivity contribution in [3.05, 3.63) is 0 Å². The van der Waals surface area contributed by atoms with E-state index in [1.54, 1.807) is 6.21 Å². The zero-order valence-corrected chi connectivity index (χ0v) is 20.2. The van der Waals surface area contributed by atoms with E-state index in [1.807, 2.05) is 13.8 Å². The van der Waals surface area contributed by atoms with Gasteiger partial charge in [0.1, 0.15) is 12.6 Å². The number of rotatable bonds is 18. The van der Waals surface area contributed by atoms with Gasteiger partial charge in [0.15, 0.2) is 0 Å². The molecule has 0 amide bonds. The summed E-state index contributed by atoms with van der Waals surface area (Å²) in [4.78, 5) is 39.5. The molecule has 7 nitrogen and oxygen atoms in total. The summed E-state index contributed by atoms with van der Waals surface area (Å²) in [6.07, 6.45) is 13.1. The zero-order valence-electron chi connectivity index (χ0n) is 20.2. The molecule has 1 unspecified atom stereocenters. The number of methoxy groups -OCH3 is 2. The molecule has 0 heterocycles. The van der Waals surface area contributed by atoms with Gasteiger partial charge in [0.05, 0.1) is 14.2 Å². The van der Waals surface area contributed by atoms with E-state index in [-0.39, 0.29) is 25.4 Å². The monoisotopic (exact) mass is 441 g/mol. The largest absolute Gasteiger partial charge is 0.469 e. The minimum atomic E-state index is -0.791. The van der Waals surface area contributed by atoms with E-state index in [9.17, 15) is 14.4 Å². The van der Waals surface area contributed by atoms with E-state index in [1.165, 1.54) is 52.7 Å². The molecule has 0 aromatic rings. The molecule has 0 fully saturated rings. The summed E-state index contributed by atoms with van der Waals surface area (Å²) in [5.74, 6) is -1.13. The molecule has 0 aliphatic carbocycles. The lowest BCUT2D eigenvalue weighted by Gasteiger charge is -2.20. The number of aliphatic imine (C=N–C) groups is 1. The number of ether oxygens (including phenoxy) is 3. The lowest BCUT2D eigenvalue weighted by atomic mass is 9.96. The first-order chi connectivity index (χ1) is 14.8. The Labute approximate surface area is 188 Å². The predicted molar refractivity (Wildman–Crippen MR) is 122 cm³/mol. The first kappa shape index (κ1) is 29.1. The number of esters is 3. The molecule has 7 heteroatoms. The van der Waals surface area contributed by atoms with Crippen LogP contribution in [-0.2, 0) is 28.6 Å². The Bertz CT molecular complexity index is 544. The summed E-state index contributed by atoms with van der Waals surface area (Å²) in [6, 6.07) is -0.791. The molecule has 0 N–H and O–H groups in total. The van der Waals surface area contributed by atoms with Crippen LogP contribution in [0.1, 0.15) is 97.8 Å². The lowest BCUT2D eigenvalue weighted by Crippen LogP contribution is -2.27. The summed E-state index contributed by atoms with van der Waals surface area (Å²) in [5.41, 5.74) is -0.536. The lowest BCUT2D eigenvalue weighted by molar-refractivity contribution is -0.146. The SMILES string of the molecule is CCCCCCCCCCCC(=O)OCC(C)(C)C=NC(CCC(=O)OC)C(=O)OC. The minimum absolute atomic E-state index is 0.0712. The van der Waals surface area contributed by atoms with Gasteiger partial charge in [0.25, 0.3) is 0 Å².